The van der Waals surface area contributed by atoms with E-state index in [1.54, 1.807) is 10.4 Å². The summed E-state index contributed by atoms with van der Waals surface area (Å²) < 4.78 is 32.6. The summed E-state index contributed by atoms with van der Waals surface area (Å²) in [6.07, 6.45) is 4.18. The molecule has 2 heterocycles. The number of aromatic nitrogens is 1. The Hall–Kier alpha value is -1.22. The lowest BCUT2D eigenvalue weighted by atomic mass is 10.2. The van der Waals surface area contributed by atoms with Gasteiger partial charge in [0, 0.05) is 12.7 Å². The highest BCUT2D eigenvalue weighted by Gasteiger charge is 2.42. The van der Waals surface area contributed by atoms with Crippen molar-refractivity contribution >= 4 is 15.8 Å². The lowest BCUT2D eigenvalue weighted by molar-refractivity contribution is -0.0241. The van der Waals surface area contributed by atoms with Gasteiger partial charge < -0.3 is 10.2 Å². The predicted molar refractivity (Wildman–Crippen MR) is 73.3 cm³/mol. The predicted octanol–water partition coefficient (Wildman–Crippen LogP) is 0.309. The molecule has 0 aromatic carbocycles. The third-order valence-corrected chi connectivity index (χ3v) is 5.83. The van der Waals surface area contributed by atoms with Crippen LogP contribution < -0.4 is 11.3 Å². The van der Waals surface area contributed by atoms with Crippen molar-refractivity contribution in [3.05, 3.63) is 18.3 Å². The van der Waals surface area contributed by atoms with Crippen molar-refractivity contribution in [3.8, 4) is 0 Å². The summed E-state index contributed by atoms with van der Waals surface area (Å²) in [5.74, 6) is 5.67. The number of hydrogen-bond donors (Lipinski definition) is 2. The zero-order valence-electron chi connectivity index (χ0n) is 11.0. The number of nitrogens with two attached hydrogens (primary N) is 1. The molecule has 110 valence electrons. The monoisotopic (exact) mass is 298 g/mol. The van der Waals surface area contributed by atoms with Gasteiger partial charge in [-0.15, -0.1) is 0 Å². The van der Waals surface area contributed by atoms with E-state index in [0.29, 0.717) is 19.0 Å². The van der Waals surface area contributed by atoms with E-state index in [1.165, 1.54) is 12.3 Å². The van der Waals surface area contributed by atoms with Gasteiger partial charge in [-0.3, -0.25) is 0 Å². The highest BCUT2D eigenvalue weighted by molar-refractivity contribution is 7.89. The molecule has 20 heavy (non-hydrogen) atoms. The second-order valence-corrected chi connectivity index (χ2v) is 6.94. The molecule has 3 rings (SSSR count). The Morgan fingerprint density at radius 1 is 1.40 bits per heavy atom. The van der Waals surface area contributed by atoms with Gasteiger partial charge in [-0.05, 0) is 31.4 Å². The molecule has 0 radical (unpaired) electrons. The number of nitrogens with zero attached hydrogens (tertiary/aromatic N) is 2. The SMILES string of the molecule is NNc1ccc(S(=O)(=O)N2CCOC3CCCC32)cn1. The summed E-state index contributed by atoms with van der Waals surface area (Å²) >= 11 is 0. The molecule has 2 unspecified atom stereocenters. The minimum atomic E-state index is -3.52. The zero-order chi connectivity index (χ0) is 14.2. The number of hydrazine groups is 1. The molecule has 1 aromatic heterocycles. The Morgan fingerprint density at radius 3 is 2.95 bits per heavy atom. The molecule has 1 aromatic rings. The number of pyridine rings is 1. The highest BCUT2D eigenvalue weighted by Crippen LogP contribution is 2.33. The van der Waals surface area contributed by atoms with Crippen molar-refractivity contribution in [1.82, 2.24) is 9.29 Å². The van der Waals surface area contributed by atoms with Crippen LogP contribution in [0.25, 0.3) is 0 Å². The first-order valence-electron chi connectivity index (χ1n) is 6.69. The van der Waals surface area contributed by atoms with Crippen LogP contribution in [0, 0.1) is 0 Å². The number of sulfonamides is 1. The van der Waals surface area contributed by atoms with E-state index < -0.39 is 10.0 Å². The van der Waals surface area contributed by atoms with E-state index in [0.717, 1.165) is 19.3 Å². The van der Waals surface area contributed by atoms with Crippen LogP contribution >= 0.6 is 0 Å². The van der Waals surface area contributed by atoms with Crippen LogP contribution in [-0.2, 0) is 14.8 Å². The number of hydrogen-bond acceptors (Lipinski definition) is 6. The maximum absolute atomic E-state index is 12.7. The molecular weight excluding hydrogens is 280 g/mol. The molecule has 1 aliphatic carbocycles. The number of nitrogen functional groups attached to an aromatic ring is 1. The van der Waals surface area contributed by atoms with Crippen molar-refractivity contribution in [3.63, 3.8) is 0 Å². The third-order valence-electron chi connectivity index (χ3n) is 3.92. The van der Waals surface area contributed by atoms with Gasteiger partial charge in [-0.25, -0.2) is 19.2 Å². The number of rotatable bonds is 3. The van der Waals surface area contributed by atoms with Crippen LogP contribution in [-0.4, -0.2) is 43.0 Å². The molecule has 1 saturated carbocycles. The van der Waals surface area contributed by atoms with Crippen molar-refractivity contribution < 1.29 is 13.2 Å². The number of anilines is 1. The lowest BCUT2D eigenvalue weighted by Gasteiger charge is -2.36. The normalized spacial score (nSPS) is 27.2. The molecule has 8 heteroatoms. The molecule has 0 spiro atoms. The molecular formula is C12H18N4O3S. The molecule has 0 bridgehead atoms. The summed E-state index contributed by atoms with van der Waals surface area (Å²) in [6, 6.07) is 3.04. The first-order chi connectivity index (χ1) is 9.63. The Labute approximate surface area is 118 Å². The van der Waals surface area contributed by atoms with Crippen LogP contribution in [0.3, 0.4) is 0 Å². The zero-order valence-corrected chi connectivity index (χ0v) is 11.8. The van der Waals surface area contributed by atoms with E-state index in [9.17, 15) is 8.42 Å². The second-order valence-electron chi connectivity index (χ2n) is 5.05. The van der Waals surface area contributed by atoms with E-state index in [1.807, 2.05) is 0 Å². The van der Waals surface area contributed by atoms with Crippen molar-refractivity contribution in [2.45, 2.75) is 36.3 Å². The van der Waals surface area contributed by atoms with Gasteiger partial charge >= 0.3 is 0 Å². The summed E-state index contributed by atoms with van der Waals surface area (Å²) in [6.45, 7) is 0.858. The summed E-state index contributed by atoms with van der Waals surface area (Å²) in [7, 11) is -3.52. The van der Waals surface area contributed by atoms with Gasteiger partial charge in [0.15, 0.2) is 0 Å². The minimum Gasteiger partial charge on any atom is -0.375 e. The van der Waals surface area contributed by atoms with E-state index in [-0.39, 0.29) is 17.0 Å². The fourth-order valence-electron chi connectivity index (χ4n) is 2.94. The Bertz CT molecular complexity index is 575. The molecule has 7 nitrogen and oxygen atoms in total. The largest absolute Gasteiger partial charge is 0.375 e. The summed E-state index contributed by atoms with van der Waals surface area (Å²) in [4.78, 5) is 4.17. The number of fused-ring (bicyclic) bond motifs is 1. The first-order valence-corrected chi connectivity index (χ1v) is 8.13. The Balaban J connectivity index is 1.89. The maximum Gasteiger partial charge on any atom is 0.245 e. The number of ether oxygens (including phenoxy) is 1. The standard InChI is InChI=1S/C12H18N4O3S/c13-15-12-5-4-9(8-14-12)20(17,18)16-6-7-19-11-3-1-2-10(11)16/h4-5,8,10-11H,1-3,6-7,13H2,(H,14,15). The van der Waals surface area contributed by atoms with Gasteiger partial charge in [0.1, 0.15) is 10.7 Å². The molecule has 1 saturated heterocycles. The summed E-state index contributed by atoms with van der Waals surface area (Å²) in [5, 5.41) is 0. The van der Waals surface area contributed by atoms with Crippen LogP contribution in [0.15, 0.2) is 23.2 Å². The van der Waals surface area contributed by atoms with E-state index in [2.05, 4.69) is 10.4 Å². The van der Waals surface area contributed by atoms with Crippen LogP contribution in [0.2, 0.25) is 0 Å². The van der Waals surface area contributed by atoms with Gasteiger partial charge in [0.2, 0.25) is 10.0 Å². The fraction of sp³-hybridized carbons (Fsp3) is 0.583. The first kappa shape index (κ1) is 13.7. The molecule has 3 N–H and O–H groups in total. The second kappa shape index (κ2) is 5.28. The molecule has 2 aliphatic rings. The van der Waals surface area contributed by atoms with Gasteiger partial charge in [-0.2, -0.15) is 4.31 Å². The van der Waals surface area contributed by atoms with Crippen molar-refractivity contribution in [1.29, 1.82) is 0 Å². The van der Waals surface area contributed by atoms with E-state index in [4.69, 9.17) is 10.6 Å². The van der Waals surface area contributed by atoms with Gasteiger partial charge in [0.05, 0.1) is 18.8 Å². The quantitative estimate of drug-likeness (QED) is 0.615. The lowest BCUT2D eigenvalue weighted by Crippen LogP contribution is -2.51. The Kier molecular flexibility index (Phi) is 3.63. The van der Waals surface area contributed by atoms with Gasteiger partial charge in [-0.1, -0.05) is 0 Å². The smallest absolute Gasteiger partial charge is 0.245 e. The molecule has 2 fully saturated rings. The van der Waals surface area contributed by atoms with Crippen LogP contribution in [0.4, 0.5) is 5.82 Å². The summed E-state index contributed by atoms with van der Waals surface area (Å²) in [5.41, 5.74) is 2.38. The van der Waals surface area contributed by atoms with Crippen molar-refractivity contribution in [2.75, 3.05) is 18.6 Å². The van der Waals surface area contributed by atoms with Crippen LogP contribution in [0.5, 0.6) is 0 Å². The van der Waals surface area contributed by atoms with E-state index >= 15 is 0 Å². The topological polar surface area (TPSA) is 97.5 Å². The molecule has 0 amide bonds. The average Bonchev–Trinajstić information content (AvgIpc) is 2.95. The van der Waals surface area contributed by atoms with Crippen molar-refractivity contribution in [2.24, 2.45) is 5.84 Å². The number of morpholine rings is 1. The average molecular weight is 298 g/mol. The van der Waals surface area contributed by atoms with Crippen LogP contribution in [0.1, 0.15) is 19.3 Å². The number of nitrogens with one attached hydrogen (secondary N) is 1. The fourth-order valence-corrected chi connectivity index (χ4v) is 4.55. The molecule has 2 atom stereocenters. The van der Waals surface area contributed by atoms with Gasteiger partial charge in [0.25, 0.3) is 0 Å². The highest BCUT2D eigenvalue weighted by atomic mass is 32.2. The Morgan fingerprint density at radius 2 is 2.25 bits per heavy atom. The molecule has 1 aliphatic heterocycles. The minimum absolute atomic E-state index is 0.0384. The maximum atomic E-state index is 12.7. The third kappa shape index (κ3) is 2.28.